The van der Waals surface area contributed by atoms with Gasteiger partial charge in [0, 0.05) is 5.39 Å². The maximum atomic E-state index is 9.64. The lowest BCUT2D eigenvalue weighted by atomic mass is 10.1. The zero-order valence-electron chi connectivity index (χ0n) is 8.73. The Hall–Kier alpha value is -1.54. The van der Waals surface area contributed by atoms with Gasteiger partial charge in [-0.05, 0) is 30.2 Å². The minimum Gasteiger partial charge on any atom is -0.458 e. The SMILES string of the molecule is C=Cc1ccc2oc([C@@H](O)CC)cc2c1. The normalized spacial score (nSPS) is 12.9. The second kappa shape index (κ2) is 3.91. The zero-order chi connectivity index (χ0) is 10.8. The van der Waals surface area contributed by atoms with Gasteiger partial charge in [-0.3, -0.25) is 0 Å². The number of rotatable bonds is 3. The first-order valence-corrected chi connectivity index (χ1v) is 5.08. The quantitative estimate of drug-likeness (QED) is 0.826. The van der Waals surface area contributed by atoms with Crippen LogP contribution in [-0.4, -0.2) is 5.11 Å². The van der Waals surface area contributed by atoms with Crippen molar-refractivity contribution in [2.24, 2.45) is 0 Å². The van der Waals surface area contributed by atoms with Crippen LogP contribution in [0.3, 0.4) is 0 Å². The van der Waals surface area contributed by atoms with E-state index in [2.05, 4.69) is 6.58 Å². The Kier molecular flexibility index (Phi) is 2.60. The predicted octanol–water partition coefficient (Wildman–Crippen LogP) is 3.52. The monoisotopic (exact) mass is 202 g/mol. The lowest BCUT2D eigenvalue weighted by Crippen LogP contribution is -1.90. The largest absolute Gasteiger partial charge is 0.458 e. The van der Waals surface area contributed by atoms with Crippen molar-refractivity contribution >= 4 is 17.0 Å². The highest BCUT2D eigenvalue weighted by Gasteiger charge is 2.10. The fourth-order valence-corrected chi connectivity index (χ4v) is 1.57. The molecule has 0 bridgehead atoms. The molecule has 0 unspecified atom stereocenters. The number of benzene rings is 1. The summed E-state index contributed by atoms with van der Waals surface area (Å²) in [5, 5.41) is 10.7. The van der Waals surface area contributed by atoms with E-state index >= 15 is 0 Å². The van der Waals surface area contributed by atoms with Crippen molar-refractivity contribution in [1.82, 2.24) is 0 Å². The van der Waals surface area contributed by atoms with Gasteiger partial charge in [0.15, 0.2) is 0 Å². The molecule has 0 saturated carbocycles. The molecule has 15 heavy (non-hydrogen) atoms. The second-order valence-electron chi connectivity index (χ2n) is 3.57. The average Bonchev–Trinajstić information content (AvgIpc) is 2.70. The van der Waals surface area contributed by atoms with E-state index in [1.165, 1.54) is 0 Å². The molecule has 0 aliphatic heterocycles. The van der Waals surface area contributed by atoms with E-state index in [9.17, 15) is 5.11 Å². The molecule has 2 nitrogen and oxygen atoms in total. The van der Waals surface area contributed by atoms with E-state index in [1.807, 2.05) is 31.2 Å². The van der Waals surface area contributed by atoms with Crippen LogP contribution >= 0.6 is 0 Å². The molecule has 2 rings (SSSR count). The third-order valence-corrected chi connectivity index (χ3v) is 2.51. The van der Waals surface area contributed by atoms with E-state index in [4.69, 9.17) is 4.42 Å². The molecule has 0 spiro atoms. The van der Waals surface area contributed by atoms with Gasteiger partial charge in [0.25, 0.3) is 0 Å². The highest BCUT2D eigenvalue weighted by molar-refractivity contribution is 5.80. The van der Waals surface area contributed by atoms with E-state index in [-0.39, 0.29) is 0 Å². The average molecular weight is 202 g/mol. The van der Waals surface area contributed by atoms with Gasteiger partial charge < -0.3 is 9.52 Å². The predicted molar refractivity (Wildman–Crippen MR) is 61.6 cm³/mol. The molecule has 1 aromatic carbocycles. The highest BCUT2D eigenvalue weighted by atomic mass is 16.4. The van der Waals surface area contributed by atoms with Crippen LogP contribution in [-0.2, 0) is 0 Å². The Balaban J connectivity index is 2.50. The number of aliphatic hydroxyl groups excluding tert-OH is 1. The zero-order valence-corrected chi connectivity index (χ0v) is 8.73. The third-order valence-electron chi connectivity index (χ3n) is 2.51. The van der Waals surface area contributed by atoms with Crippen LogP contribution in [0.25, 0.3) is 17.0 Å². The summed E-state index contributed by atoms with van der Waals surface area (Å²) in [4.78, 5) is 0. The number of fused-ring (bicyclic) bond motifs is 1. The molecule has 0 aliphatic rings. The van der Waals surface area contributed by atoms with Crippen LogP contribution in [0.1, 0.15) is 30.8 Å². The van der Waals surface area contributed by atoms with Crippen LogP contribution in [0.4, 0.5) is 0 Å². The summed E-state index contributed by atoms with van der Waals surface area (Å²) >= 11 is 0. The smallest absolute Gasteiger partial charge is 0.134 e. The third kappa shape index (κ3) is 1.81. The minimum absolute atomic E-state index is 0.510. The van der Waals surface area contributed by atoms with Crippen molar-refractivity contribution in [3.8, 4) is 0 Å². The van der Waals surface area contributed by atoms with E-state index in [0.29, 0.717) is 12.2 Å². The topological polar surface area (TPSA) is 33.4 Å². The summed E-state index contributed by atoms with van der Waals surface area (Å²) in [7, 11) is 0. The fraction of sp³-hybridized carbons (Fsp3) is 0.231. The van der Waals surface area contributed by atoms with Crippen LogP contribution in [0.15, 0.2) is 35.3 Å². The number of aliphatic hydroxyl groups is 1. The number of hydrogen-bond donors (Lipinski definition) is 1. The Bertz CT molecular complexity index is 482. The molecule has 0 fully saturated rings. The maximum Gasteiger partial charge on any atom is 0.134 e. The van der Waals surface area contributed by atoms with Gasteiger partial charge in [0.2, 0.25) is 0 Å². The Morgan fingerprint density at radius 2 is 2.27 bits per heavy atom. The van der Waals surface area contributed by atoms with E-state index < -0.39 is 6.10 Å². The van der Waals surface area contributed by atoms with Gasteiger partial charge >= 0.3 is 0 Å². The van der Waals surface area contributed by atoms with E-state index in [0.717, 1.165) is 16.5 Å². The van der Waals surface area contributed by atoms with Crippen molar-refractivity contribution in [2.45, 2.75) is 19.4 Å². The van der Waals surface area contributed by atoms with Crippen LogP contribution < -0.4 is 0 Å². The molecule has 2 heteroatoms. The van der Waals surface area contributed by atoms with Crippen LogP contribution in [0, 0.1) is 0 Å². The summed E-state index contributed by atoms with van der Waals surface area (Å²) in [6, 6.07) is 7.73. The van der Waals surface area contributed by atoms with Gasteiger partial charge in [-0.2, -0.15) is 0 Å². The van der Waals surface area contributed by atoms with E-state index in [1.54, 1.807) is 6.08 Å². The summed E-state index contributed by atoms with van der Waals surface area (Å²) in [5.41, 5.74) is 1.86. The Morgan fingerprint density at radius 1 is 1.47 bits per heavy atom. The maximum absolute atomic E-state index is 9.64. The van der Waals surface area contributed by atoms with Gasteiger partial charge in [-0.15, -0.1) is 0 Å². The van der Waals surface area contributed by atoms with Crippen LogP contribution in [0.2, 0.25) is 0 Å². The summed E-state index contributed by atoms with van der Waals surface area (Å²) in [5.74, 6) is 0.633. The van der Waals surface area contributed by atoms with Crippen LogP contribution in [0.5, 0.6) is 0 Å². The molecule has 78 valence electrons. The molecular weight excluding hydrogens is 188 g/mol. The number of furan rings is 1. The minimum atomic E-state index is -0.510. The highest BCUT2D eigenvalue weighted by Crippen LogP contribution is 2.26. The van der Waals surface area contributed by atoms with Gasteiger partial charge in [-0.1, -0.05) is 25.6 Å². The second-order valence-corrected chi connectivity index (χ2v) is 3.57. The number of hydrogen-bond acceptors (Lipinski definition) is 2. The first-order valence-electron chi connectivity index (χ1n) is 5.08. The Labute approximate surface area is 88.8 Å². The fourth-order valence-electron chi connectivity index (χ4n) is 1.57. The van der Waals surface area contributed by atoms with Gasteiger partial charge in [0.05, 0.1) is 0 Å². The lowest BCUT2D eigenvalue weighted by Gasteiger charge is -2.00. The molecule has 2 aromatic rings. The molecule has 1 heterocycles. The van der Waals surface area contributed by atoms with Crippen molar-refractivity contribution in [3.05, 3.63) is 42.2 Å². The van der Waals surface area contributed by atoms with Crippen molar-refractivity contribution in [3.63, 3.8) is 0 Å². The molecule has 1 aromatic heterocycles. The van der Waals surface area contributed by atoms with Crippen molar-refractivity contribution in [1.29, 1.82) is 0 Å². The molecular formula is C13H14O2. The van der Waals surface area contributed by atoms with Gasteiger partial charge in [0.1, 0.15) is 17.4 Å². The molecule has 0 amide bonds. The Morgan fingerprint density at radius 3 is 2.93 bits per heavy atom. The molecule has 1 atom stereocenters. The molecule has 0 aliphatic carbocycles. The summed E-state index contributed by atoms with van der Waals surface area (Å²) in [6.07, 6.45) is 1.95. The first-order chi connectivity index (χ1) is 7.24. The summed E-state index contributed by atoms with van der Waals surface area (Å²) < 4.78 is 5.54. The molecule has 1 N–H and O–H groups in total. The molecule has 0 radical (unpaired) electrons. The lowest BCUT2D eigenvalue weighted by molar-refractivity contribution is 0.148. The molecule has 0 saturated heterocycles. The van der Waals surface area contributed by atoms with Crippen molar-refractivity contribution in [2.75, 3.05) is 0 Å². The summed E-state index contributed by atoms with van der Waals surface area (Å²) in [6.45, 7) is 5.64. The standard InChI is InChI=1S/C13H14O2/c1-3-9-5-6-12-10(7-9)8-13(15-12)11(14)4-2/h3,5-8,11,14H,1,4H2,2H3/t11-/m0/s1. The first kappa shape index (κ1) is 9.99. The van der Waals surface area contributed by atoms with Gasteiger partial charge in [-0.25, -0.2) is 0 Å². The van der Waals surface area contributed by atoms with Crippen molar-refractivity contribution < 1.29 is 9.52 Å².